The van der Waals surface area contributed by atoms with Crippen LogP contribution in [0.2, 0.25) is 0 Å². The molecule has 0 amide bonds. The first kappa shape index (κ1) is 15.5. The summed E-state index contributed by atoms with van der Waals surface area (Å²) in [6.45, 7) is 5.48. The van der Waals surface area contributed by atoms with Gasteiger partial charge in [0.2, 0.25) is 0 Å². The summed E-state index contributed by atoms with van der Waals surface area (Å²) < 4.78 is 0. The minimum Gasteiger partial charge on any atom is -0.323 e. The summed E-state index contributed by atoms with van der Waals surface area (Å²) in [6.07, 6.45) is 3.68. The summed E-state index contributed by atoms with van der Waals surface area (Å²) in [4.78, 5) is 4.86. The highest BCUT2D eigenvalue weighted by Gasteiger charge is 2.22. The van der Waals surface area contributed by atoms with Crippen LogP contribution in [0.15, 0.2) is 24.3 Å². The maximum atomic E-state index is 6.38. The molecule has 3 nitrogen and oxygen atoms in total. The maximum absolute atomic E-state index is 6.38. The van der Waals surface area contributed by atoms with E-state index in [1.807, 2.05) is 0 Å². The lowest BCUT2D eigenvalue weighted by Crippen LogP contribution is -2.47. The lowest BCUT2D eigenvalue weighted by Gasteiger charge is -2.37. The third kappa shape index (κ3) is 4.05. The topological polar surface area (TPSA) is 32.5 Å². The number of likely N-dealkylation sites (N-methyl/N-ethyl adjacent to an activating group) is 1. The van der Waals surface area contributed by atoms with Crippen LogP contribution in [0.5, 0.6) is 0 Å². The molecule has 0 bridgehead atoms. The Morgan fingerprint density at radius 3 is 2.60 bits per heavy atom. The fourth-order valence-corrected chi connectivity index (χ4v) is 3.00. The van der Waals surface area contributed by atoms with Crippen LogP contribution < -0.4 is 5.73 Å². The molecule has 1 aliphatic rings. The Morgan fingerprint density at radius 2 is 2.00 bits per heavy atom. The SMILES string of the molecule is CCc1ccc(C(N)CN2CCCC(N(C)C)C2)cc1. The molecule has 3 heteroatoms. The minimum atomic E-state index is 0.127. The first-order chi connectivity index (χ1) is 9.60. The molecular weight excluding hydrogens is 246 g/mol. The van der Waals surface area contributed by atoms with E-state index in [2.05, 4.69) is 55.1 Å². The Labute approximate surface area is 123 Å². The summed E-state index contributed by atoms with van der Waals surface area (Å²) in [6, 6.07) is 9.59. The highest BCUT2D eigenvalue weighted by Crippen LogP contribution is 2.18. The van der Waals surface area contributed by atoms with Gasteiger partial charge in [0.1, 0.15) is 0 Å². The number of piperidine rings is 1. The molecule has 0 radical (unpaired) electrons. The van der Waals surface area contributed by atoms with Crippen molar-refractivity contribution in [2.75, 3.05) is 33.7 Å². The van der Waals surface area contributed by atoms with Crippen LogP contribution in [0.1, 0.15) is 36.9 Å². The summed E-state index contributed by atoms with van der Waals surface area (Å²) in [7, 11) is 4.36. The van der Waals surface area contributed by atoms with Crippen molar-refractivity contribution in [2.24, 2.45) is 5.73 Å². The average Bonchev–Trinajstić information content (AvgIpc) is 2.47. The van der Waals surface area contributed by atoms with Crippen LogP contribution in [0.25, 0.3) is 0 Å². The third-order valence-electron chi connectivity index (χ3n) is 4.48. The van der Waals surface area contributed by atoms with Crippen molar-refractivity contribution in [2.45, 2.75) is 38.3 Å². The average molecular weight is 275 g/mol. The fourth-order valence-electron chi connectivity index (χ4n) is 3.00. The Balaban J connectivity index is 1.91. The third-order valence-corrected chi connectivity index (χ3v) is 4.48. The summed E-state index contributed by atoms with van der Waals surface area (Å²) in [5.41, 5.74) is 9.02. The number of benzene rings is 1. The van der Waals surface area contributed by atoms with Gasteiger partial charge < -0.3 is 10.6 Å². The molecule has 1 aliphatic heterocycles. The van der Waals surface area contributed by atoms with Crippen molar-refractivity contribution in [1.82, 2.24) is 9.80 Å². The molecule has 1 fully saturated rings. The first-order valence-electron chi connectivity index (χ1n) is 7.83. The van der Waals surface area contributed by atoms with Gasteiger partial charge in [-0.15, -0.1) is 0 Å². The van der Waals surface area contributed by atoms with Crippen molar-refractivity contribution in [3.8, 4) is 0 Å². The zero-order valence-electron chi connectivity index (χ0n) is 13.2. The Morgan fingerprint density at radius 1 is 1.30 bits per heavy atom. The standard InChI is InChI=1S/C17H29N3/c1-4-14-7-9-15(10-8-14)17(18)13-20-11-5-6-16(12-20)19(2)3/h7-10,16-17H,4-6,11-13,18H2,1-3H3. The largest absolute Gasteiger partial charge is 0.323 e. The highest BCUT2D eigenvalue weighted by atomic mass is 15.2. The van der Waals surface area contributed by atoms with E-state index < -0.39 is 0 Å². The van der Waals surface area contributed by atoms with E-state index in [1.54, 1.807) is 0 Å². The molecule has 1 aromatic rings. The van der Waals surface area contributed by atoms with Gasteiger partial charge in [0.05, 0.1) is 0 Å². The molecule has 0 aliphatic carbocycles. The van der Waals surface area contributed by atoms with Crippen molar-refractivity contribution in [3.05, 3.63) is 35.4 Å². The monoisotopic (exact) mass is 275 g/mol. The van der Waals surface area contributed by atoms with Gasteiger partial charge >= 0.3 is 0 Å². The quantitative estimate of drug-likeness (QED) is 0.895. The molecule has 20 heavy (non-hydrogen) atoms. The molecule has 2 atom stereocenters. The Hall–Kier alpha value is -0.900. The van der Waals surface area contributed by atoms with E-state index in [1.165, 1.54) is 30.5 Å². The van der Waals surface area contributed by atoms with Crippen LogP contribution in [0, 0.1) is 0 Å². The van der Waals surface area contributed by atoms with Gasteiger partial charge in [-0.2, -0.15) is 0 Å². The maximum Gasteiger partial charge on any atom is 0.0424 e. The van der Waals surface area contributed by atoms with E-state index in [0.717, 1.165) is 19.5 Å². The zero-order valence-corrected chi connectivity index (χ0v) is 13.2. The van der Waals surface area contributed by atoms with Gasteiger partial charge in [-0.1, -0.05) is 31.2 Å². The van der Waals surface area contributed by atoms with Crippen molar-refractivity contribution in [3.63, 3.8) is 0 Å². The van der Waals surface area contributed by atoms with E-state index in [4.69, 9.17) is 5.73 Å². The van der Waals surface area contributed by atoms with Crippen molar-refractivity contribution >= 4 is 0 Å². The molecule has 2 rings (SSSR count). The molecule has 0 saturated carbocycles. The van der Waals surface area contributed by atoms with Crippen LogP contribution >= 0.6 is 0 Å². The number of likely N-dealkylation sites (tertiary alicyclic amines) is 1. The number of nitrogens with zero attached hydrogens (tertiary/aromatic N) is 2. The molecular formula is C17H29N3. The van der Waals surface area contributed by atoms with Crippen molar-refractivity contribution in [1.29, 1.82) is 0 Å². The second kappa shape index (κ2) is 7.21. The van der Waals surface area contributed by atoms with E-state index in [-0.39, 0.29) is 6.04 Å². The predicted molar refractivity (Wildman–Crippen MR) is 85.9 cm³/mol. The number of hydrogen-bond acceptors (Lipinski definition) is 3. The normalized spacial score (nSPS) is 22.1. The first-order valence-corrected chi connectivity index (χ1v) is 7.83. The Bertz CT molecular complexity index is 399. The van der Waals surface area contributed by atoms with E-state index in [9.17, 15) is 0 Å². The number of nitrogens with two attached hydrogens (primary N) is 1. The molecule has 0 aromatic heterocycles. The van der Waals surface area contributed by atoms with Gasteiger partial charge in [-0.05, 0) is 51.0 Å². The second-order valence-corrected chi connectivity index (χ2v) is 6.22. The van der Waals surface area contributed by atoms with Crippen LogP contribution in [-0.2, 0) is 6.42 Å². The molecule has 1 saturated heterocycles. The van der Waals surface area contributed by atoms with Gasteiger partial charge in [0, 0.05) is 25.2 Å². The Kier molecular flexibility index (Phi) is 5.58. The van der Waals surface area contributed by atoms with Gasteiger partial charge in [-0.3, -0.25) is 4.90 Å². The number of hydrogen-bond donors (Lipinski definition) is 1. The molecule has 2 unspecified atom stereocenters. The van der Waals surface area contributed by atoms with Gasteiger partial charge in [0.25, 0.3) is 0 Å². The molecule has 0 spiro atoms. The van der Waals surface area contributed by atoms with Gasteiger partial charge in [-0.25, -0.2) is 0 Å². The fraction of sp³-hybridized carbons (Fsp3) is 0.647. The van der Waals surface area contributed by atoms with Crippen LogP contribution in [0.4, 0.5) is 0 Å². The van der Waals surface area contributed by atoms with Crippen LogP contribution in [-0.4, -0.2) is 49.6 Å². The zero-order chi connectivity index (χ0) is 14.5. The molecule has 112 valence electrons. The molecule has 2 N–H and O–H groups in total. The molecule has 1 heterocycles. The highest BCUT2D eigenvalue weighted by molar-refractivity contribution is 5.25. The van der Waals surface area contributed by atoms with Crippen LogP contribution in [0.3, 0.4) is 0 Å². The summed E-state index contributed by atoms with van der Waals surface area (Å²) >= 11 is 0. The minimum absolute atomic E-state index is 0.127. The number of aryl methyl sites for hydroxylation is 1. The summed E-state index contributed by atoms with van der Waals surface area (Å²) in [5.74, 6) is 0. The van der Waals surface area contributed by atoms with Gasteiger partial charge in [0.15, 0.2) is 0 Å². The van der Waals surface area contributed by atoms with Crippen molar-refractivity contribution < 1.29 is 0 Å². The smallest absolute Gasteiger partial charge is 0.0424 e. The molecule has 1 aromatic carbocycles. The van der Waals surface area contributed by atoms with E-state index >= 15 is 0 Å². The summed E-state index contributed by atoms with van der Waals surface area (Å²) in [5, 5.41) is 0. The second-order valence-electron chi connectivity index (χ2n) is 6.22. The van der Waals surface area contributed by atoms with E-state index in [0.29, 0.717) is 6.04 Å². The number of rotatable bonds is 5. The lowest BCUT2D eigenvalue weighted by atomic mass is 10.0. The lowest BCUT2D eigenvalue weighted by molar-refractivity contribution is 0.128. The predicted octanol–water partition coefficient (Wildman–Crippen LogP) is 2.27.